The van der Waals surface area contributed by atoms with E-state index in [1.807, 2.05) is 12.1 Å². The molecule has 2 rings (SSSR count). The van der Waals surface area contributed by atoms with Crippen LogP contribution in [0.1, 0.15) is 43.5 Å². The lowest BCUT2D eigenvalue weighted by molar-refractivity contribution is 0.0925. The highest BCUT2D eigenvalue weighted by Gasteiger charge is 2.20. The van der Waals surface area contributed by atoms with Gasteiger partial charge in [-0.05, 0) is 37.3 Å². The van der Waals surface area contributed by atoms with Crippen molar-refractivity contribution in [2.45, 2.75) is 33.1 Å². The zero-order valence-corrected chi connectivity index (χ0v) is 13.7. The van der Waals surface area contributed by atoms with Crippen molar-refractivity contribution >= 4 is 11.7 Å². The van der Waals surface area contributed by atoms with Crippen LogP contribution >= 0.6 is 0 Å². The zero-order valence-electron chi connectivity index (χ0n) is 13.7. The summed E-state index contributed by atoms with van der Waals surface area (Å²) >= 11 is 0. The van der Waals surface area contributed by atoms with Crippen molar-refractivity contribution in [1.82, 2.24) is 10.3 Å². The van der Waals surface area contributed by atoms with E-state index in [0.717, 1.165) is 31.9 Å². The Balaban J connectivity index is 1.80. The maximum Gasteiger partial charge on any atom is 0.255 e. The van der Waals surface area contributed by atoms with Gasteiger partial charge in [-0.15, -0.1) is 0 Å². The average molecular weight is 305 g/mol. The predicted molar refractivity (Wildman–Crippen MR) is 88.3 cm³/mol. The summed E-state index contributed by atoms with van der Waals surface area (Å²) in [7, 11) is 0. The van der Waals surface area contributed by atoms with Crippen LogP contribution in [0.2, 0.25) is 0 Å². The zero-order chi connectivity index (χ0) is 15.8. The Morgan fingerprint density at radius 3 is 2.91 bits per heavy atom. The number of rotatable bonds is 8. The molecule has 1 amide bonds. The van der Waals surface area contributed by atoms with Crippen LogP contribution in [0.5, 0.6) is 0 Å². The van der Waals surface area contributed by atoms with Gasteiger partial charge in [-0.1, -0.05) is 13.8 Å². The van der Waals surface area contributed by atoms with Gasteiger partial charge in [0.15, 0.2) is 0 Å². The molecule has 122 valence electrons. The molecule has 1 aliphatic rings. The highest BCUT2D eigenvalue weighted by atomic mass is 16.5. The first-order valence-corrected chi connectivity index (χ1v) is 8.24. The molecule has 1 N–H and O–H groups in total. The topological polar surface area (TPSA) is 54.5 Å². The monoisotopic (exact) mass is 305 g/mol. The van der Waals surface area contributed by atoms with Gasteiger partial charge in [-0.25, -0.2) is 4.98 Å². The normalized spacial score (nSPS) is 14.6. The summed E-state index contributed by atoms with van der Waals surface area (Å²) in [6.45, 7) is 8.32. The molecule has 1 fully saturated rings. The molecule has 0 aromatic carbocycles. The molecule has 1 aromatic heterocycles. The summed E-state index contributed by atoms with van der Waals surface area (Å²) in [5.41, 5.74) is 0.674. The SMILES string of the molecule is CC(C)COCCCNC(=O)c1cccnc1N1CCCC1. The molecule has 0 bridgehead atoms. The molecule has 0 aliphatic carbocycles. The van der Waals surface area contributed by atoms with E-state index in [9.17, 15) is 4.79 Å². The number of amides is 1. The molecule has 0 unspecified atom stereocenters. The van der Waals surface area contributed by atoms with Crippen LogP contribution in [-0.4, -0.2) is 43.7 Å². The second kappa shape index (κ2) is 8.73. The lowest BCUT2D eigenvalue weighted by Crippen LogP contribution is -2.29. The van der Waals surface area contributed by atoms with Gasteiger partial charge in [-0.2, -0.15) is 0 Å². The lowest BCUT2D eigenvalue weighted by Gasteiger charge is -2.19. The van der Waals surface area contributed by atoms with E-state index in [4.69, 9.17) is 4.74 Å². The second-order valence-corrected chi connectivity index (χ2v) is 6.15. The van der Waals surface area contributed by atoms with Gasteiger partial charge in [-0.3, -0.25) is 4.79 Å². The molecule has 0 saturated carbocycles. The van der Waals surface area contributed by atoms with Crippen molar-refractivity contribution in [3.8, 4) is 0 Å². The van der Waals surface area contributed by atoms with E-state index in [-0.39, 0.29) is 5.91 Å². The van der Waals surface area contributed by atoms with E-state index in [0.29, 0.717) is 24.6 Å². The van der Waals surface area contributed by atoms with E-state index in [2.05, 4.69) is 29.0 Å². The number of pyridine rings is 1. The largest absolute Gasteiger partial charge is 0.381 e. The summed E-state index contributed by atoms with van der Waals surface area (Å²) in [5, 5.41) is 2.97. The van der Waals surface area contributed by atoms with Crippen LogP contribution in [0, 0.1) is 5.92 Å². The van der Waals surface area contributed by atoms with Gasteiger partial charge in [0.25, 0.3) is 5.91 Å². The van der Waals surface area contributed by atoms with Gasteiger partial charge >= 0.3 is 0 Å². The Morgan fingerprint density at radius 1 is 1.41 bits per heavy atom. The number of carbonyl (C=O) groups excluding carboxylic acids is 1. The summed E-state index contributed by atoms with van der Waals surface area (Å²) in [6, 6.07) is 3.67. The Bertz CT molecular complexity index is 471. The van der Waals surface area contributed by atoms with Gasteiger partial charge in [0.2, 0.25) is 0 Å². The molecule has 1 aromatic rings. The molecule has 1 aliphatic heterocycles. The first kappa shape index (κ1) is 16.7. The molecule has 5 heteroatoms. The fourth-order valence-electron chi connectivity index (χ4n) is 2.55. The molecule has 0 spiro atoms. The third kappa shape index (κ3) is 4.98. The maximum atomic E-state index is 12.3. The van der Waals surface area contributed by atoms with Crippen LogP contribution in [0.3, 0.4) is 0 Å². The van der Waals surface area contributed by atoms with Gasteiger partial charge in [0, 0.05) is 39.0 Å². The highest BCUT2D eigenvalue weighted by molar-refractivity contribution is 5.98. The van der Waals surface area contributed by atoms with Crippen molar-refractivity contribution in [3.05, 3.63) is 23.9 Å². The standard InChI is InChI=1S/C17H27N3O2/c1-14(2)13-22-12-6-9-19-17(21)15-7-5-8-18-16(15)20-10-3-4-11-20/h5,7-8,14H,3-4,6,9-13H2,1-2H3,(H,19,21). The highest BCUT2D eigenvalue weighted by Crippen LogP contribution is 2.21. The second-order valence-electron chi connectivity index (χ2n) is 6.15. The number of hydrogen-bond donors (Lipinski definition) is 1. The average Bonchev–Trinajstić information content (AvgIpc) is 3.04. The minimum absolute atomic E-state index is 0.0427. The van der Waals surface area contributed by atoms with Crippen LogP contribution in [0.4, 0.5) is 5.82 Å². The molecule has 5 nitrogen and oxygen atoms in total. The molecular weight excluding hydrogens is 278 g/mol. The fraction of sp³-hybridized carbons (Fsp3) is 0.647. The first-order valence-electron chi connectivity index (χ1n) is 8.24. The number of anilines is 1. The van der Waals surface area contributed by atoms with E-state index >= 15 is 0 Å². The number of hydrogen-bond acceptors (Lipinski definition) is 4. The Labute approximate surface area is 133 Å². The van der Waals surface area contributed by atoms with Crippen molar-refractivity contribution in [3.63, 3.8) is 0 Å². The lowest BCUT2D eigenvalue weighted by atomic mass is 10.2. The molecular formula is C17H27N3O2. The van der Waals surface area contributed by atoms with Crippen molar-refractivity contribution in [2.75, 3.05) is 37.7 Å². The number of nitrogens with zero attached hydrogens (tertiary/aromatic N) is 2. The minimum atomic E-state index is -0.0427. The number of ether oxygens (including phenoxy) is 1. The third-order valence-electron chi connectivity index (χ3n) is 3.64. The van der Waals surface area contributed by atoms with E-state index in [1.54, 1.807) is 6.20 Å². The van der Waals surface area contributed by atoms with Gasteiger partial charge in [0.05, 0.1) is 5.56 Å². The Morgan fingerprint density at radius 2 is 2.18 bits per heavy atom. The van der Waals surface area contributed by atoms with Crippen molar-refractivity contribution in [2.24, 2.45) is 5.92 Å². The third-order valence-corrected chi connectivity index (χ3v) is 3.64. The fourth-order valence-corrected chi connectivity index (χ4v) is 2.55. The molecule has 0 radical (unpaired) electrons. The van der Waals surface area contributed by atoms with E-state index in [1.165, 1.54) is 12.8 Å². The first-order chi connectivity index (χ1) is 10.7. The van der Waals surface area contributed by atoms with Gasteiger partial charge in [0.1, 0.15) is 5.82 Å². The minimum Gasteiger partial charge on any atom is -0.381 e. The Hall–Kier alpha value is -1.62. The van der Waals surface area contributed by atoms with Crippen LogP contribution in [0.15, 0.2) is 18.3 Å². The van der Waals surface area contributed by atoms with Crippen molar-refractivity contribution < 1.29 is 9.53 Å². The smallest absolute Gasteiger partial charge is 0.255 e. The molecule has 22 heavy (non-hydrogen) atoms. The van der Waals surface area contributed by atoms with Crippen molar-refractivity contribution in [1.29, 1.82) is 0 Å². The van der Waals surface area contributed by atoms with Gasteiger partial charge < -0.3 is 15.0 Å². The quantitative estimate of drug-likeness (QED) is 0.750. The van der Waals surface area contributed by atoms with Crippen LogP contribution in [-0.2, 0) is 4.74 Å². The van der Waals surface area contributed by atoms with Crippen LogP contribution < -0.4 is 10.2 Å². The summed E-state index contributed by atoms with van der Waals surface area (Å²) < 4.78 is 5.52. The molecule has 1 saturated heterocycles. The molecule has 2 heterocycles. The number of carbonyl (C=O) groups is 1. The van der Waals surface area contributed by atoms with Crippen LogP contribution in [0.25, 0.3) is 0 Å². The molecule has 0 atom stereocenters. The summed E-state index contributed by atoms with van der Waals surface area (Å²) in [4.78, 5) is 18.9. The maximum absolute atomic E-state index is 12.3. The summed E-state index contributed by atoms with van der Waals surface area (Å²) in [5.74, 6) is 1.32. The number of aromatic nitrogens is 1. The predicted octanol–water partition coefficient (Wildman–Crippen LogP) is 2.47. The van der Waals surface area contributed by atoms with E-state index < -0.39 is 0 Å². The number of nitrogens with one attached hydrogen (secondary N) is 1. The summed E-state index contributed by atoms with van der Waals surface area (Å²) in [6.07, 6.45) is 4.93. The Kier molecular flexibility index (Phi) is 6.65.